The van der Waals surface area contributed by atoms with Gasteiger partial charge >= 0.3 is 0 Å². The number of hydrogen-bond acceptors (Lipinski definition) is 3. The Kier molecular flexibility index (Phi) is 7.23. The maximum absolute atomic E-state index is 11.8. The van der Waals surface area contributed by atoms with Crippen LogP contribution in [0.4, 0.5) is 0 Å². The monoisotopic (exact) mass is 292 g/mol. The molecule has 1 aromatic rings. The number of para-hydroxylation sites is 1. The Balaban J connectivity index is 2.30. The molecule has 118 valence electrons. The van der Waals surface area contributed by atoms with E-state index in [2.05, 4.69) is 37.9 Å². The second kappa shape index (κ2) is 8.67. The lowest BCUT2D eigenvalue weighted by Crippen LogP contribution is -2.42. The number of aryl methyl sites for hydroxylation is 1. The molecule has 21 heavy (non-hydrogen) atoms. The van der Waals surface area contributed by atoms with Gasteiger partial charge in [0.25, 0.3) is 0 Å². The topological polar surface area (TPSA) is 52.6 Å². The van der Waals surface area contributed by atoms with Gasteiger partial charge in [-0.2, -0.15) is 0 Å². The van der Waals surface area contributed by atoms with E-state index in [-0.39, 0.29) is 11.7 Å². The molecule has 0 aliphatic rings. The van der Waals surface area contributed by atoms with Crippen molar-refractivity contribution in [2.45, 2.75) is 52.6 Å². The summed E-state index contributed by atoms with van der Waals surface area (Å²) in [5.41, 5.74) is 0.818. The van der Waals surface area contributed by atoms with E-state index >= 15 is 0 Å². The van der Waals surface area contributed by atoms with Gasteiger partial charge in [-0.15, -0.1) is 0 Å². The lowest BCUT2D eigenvalue weighted by Gasteiger charge is -2.30. The highest BCUT2D eigenvalue weighted by Gasteiger charge is 2.13. The third-order valence-electron chi connectivity index (χ3n) is 3.63. The second-order valence-corrected chi connectivity index (χ2v) is 5.90. The molecule has 1 rings (SSSR count). The number of nitrogens with zero attached hydrogens (tertiary/aromatic N) is 1. The lowest BCUT2D eigenvalue weighted by atomic mass is 10.1. The SMILES string of the molecule is CC(C)N(CCNC(=O)CCc1ccccc1O)C(C)C. The zero-order chi connectivity index (χ0) is 15.8. The molecule has 0 radical (unpaired) electrons. The highest BCUT2D eigenvalue weighted by atomic mass is 16.3. The standard InChI is InChI=1S/C17H28N2O2/c1-13(2)19(14(3)4)12-11-18-17(21)10-9-15-7-5-6-8-16(15)20/h5-8,13-14,20H,9-12H2,1-4H3,(H,18,21). The predicted octanol–water partition coefficient (Wildman–Crippen LogP) is 2.56. The number of hydrogen-bond donors (Lipinski definition) is 2. The van der Waals surface area contributed by atoms with E-state index in [4.69, 9.17) is 0 Å². The molecule has 4 heteroatoms. The highest BCUT2D eigenvalue weighted by Crippen LogP contribution is 2.16. The van der Waals surface area contributed by atoms with Crippen LogP contribution in [0.5, 0.6) is 5.75 Å². The Labute approximate surface area is 128 Å². The molecule has 1 aromatic carbocycles. The molecule has 0 aliphatic carbocycles. The maximum Gasteiger partial charge on any atom is 0.220 e. The van der Waals surface area contributed by atoms with Crippen LogP contribution in [0.1, 0.15) is 39.7 Å². The summed E-state index contributed by atoms with van der Waals surface area (Å²) < 4.78 is 0. The van der Waals surface area contributed by atoms with Crippen molar-refractivity contribution in [3.05, 3.63) is 29.8 Å². The van der Waals surface area contributed by atoms with Crippen LogP contribution in [-0.2, 0) is 11.2 Å². The maximum atomic E-state index is 11.8. The van der Waals surface area contributed by atoms with Gasteiger partial charge in [0.15, 0.2) is 0 Å². The number of aromatic hydroxyl groups is 1. The van der Waals surface area contributed by atoms with Gasteiger partial charge in [-0.25, -0.2) is 0 Å². The minimum atomic E-state index is 0.0331. The normalized spacial score (nSPS) is 11.4. The first kappa shape index (κ1) is 17.5. The van der Waals surface area contributed by atoms with E-state index in [9.17, 15) is 9.90 Å². The minimum Gasteiger partial charge on any atom is -0.508 e. The molecule has 0 heterocycles. The number of amides is 1. The molecule has 0 atom stereocenters. The van der Waals surface area contributed by atoms with Gasteiger partial charge in [0.1, 0.15) is 5.75 Å². The molecule has 0 aliphatic heterocycles. The van der Waals surface area contributed by atoms with Crippen molar-refractivity contribution in [2.75, 3.05) is 13.1 Å². The minimum absolute atomic E-state index is 0.0331. The Morgan fingerprint density at radius 2 is 1.81 bits per heavy atom. The molecule has 1 amide bonds. The van der Waals surface area contributed by atoms with Crippen molar-refractivity contribution in [3.63, 3.8) is 0 Å². The summed E-state index contributed by atoms with van der Waals surface area (Å²) in [7, 11) is 0. The van der Waals surface area contributed by atoms with Crippen molar-refractivity contribution < 1.29 is 9.90 Å². The third kappa shape index (κ3) is 6.17. The van der Waals surface area contributed by atoms with Gasteiger partial charge in [0.2, 0.25) is 5.91 Å². The molecular weight excluding hydrogens is 264 g/mol. The van der Waals surface area contributed by atoms with Crippen LogP contribution < -0.4 is 5.32 Å². The van der Waals surface area contributed by atoms with E-state index in [1.165, 1.54) is 0 Å². The molecule has 0 unspecified atom stereocenters. The molecule has 0 bridgehead atoms. The quantitative estimate of drug-likeness (QED) is 0.774. The largest absolute Gasteiger partial charge is 0.508 e. The fourth-order valence-electron chi connectivity index (χ4n) is 2.50. The van der Waals surface area contributed by atoms with E-state index in [1.807, 2.05) is 12.1 Å². The van der Waals surface area contributed by atoms with E-state index in [0.717, 1.165) is 12.1 Å². The number of carbonyl (C=O) groups excluding carboxylic acids is 1. The first-order valence-electron chi connectivity index (χ1n) is 7.71. The summed E-state index contributed by atoms with van der Waals surface area (Å²) in [6, 6.07) is 8.10. The number of rotatable bonds is 8. The molecule has 2 N–H and O–H groups in total. The summed E-state index contributed by atoms with van der Waals surface area (Å²) in [4.78, 5) is 14.2. The highest BCUT2D eigenvalue weighted by molar-refractivity contribution is 5.76. The van der Waals surface area contributed by atoms with Gasteiger partial charge < -0.3 is 10.4 Å². The predicted molar refractivity (Wildman–Crippen MR) is 86.4 cm³/mol. The van der Waals surface area contributed by atoms with Crippen LogP contribution in [0.3, 0.4) is 0 Å². The van der Waals surface area contributed by atoms with Gasteiger partial charge in [-0.05, 0) is 45.7 Å². The average molecular weight is 292 g/mol. The second-order valence-electron chi connectivity index (χ2n) is 5.90. The van der Waals surface area contributed by atoms with Crippen LogP contribution >= 0.6 is 0 Å². The Morgan fingerprint density at radius 3 is 2.38 bits per heavy atom. The van der Waals surface area contributed by atoms with Gasteiger partial charge in [-0.3, -0.25) is 9.69 Å². The lowest BCUT2D eigenvalue weighted by molar-refractivity contribution is -0.121. The van der Waals surface area contributed by atoms with Gasteiger partial charge in [-0.1, -0.05) is 18.2 Å². The van der Waals surface area contributed by atoms with Crippen molar-refractivity contribution in [1.29, 1.82) is 0 Å². The van der Waals surface area contributed by atoms with Crippen molar-refractivity contribution in [3.8, 4) is 5.75 Å². The fraction of sp³-hybridized carbons (Fsp3) is 0.588. The molecule has 0 spiro atoms. The summed E-state index contributed by atoms with van der Waals surface area (Å²) in [6.45, 7) is 10.2. The van der Waals surface area contributed by atoms with Crippen LogP contribution in [0, 0.1) is 0 Å². The summed E-state index contributed by atoms with van der Waals surface area (Å²) >= 11 is 0. The van der Waals surface area contributed by atoms with E-state index < -0.39 is 0 Å². The van der Waals surface area contributed by atoms with Crippen LogP contribution in [0.25, 0.3) is 0 Å². The average Bonchev–Trinajstić information content (AvgIpc) is 2.41. The molecule has 0 fully saturated rings. The van der Waals surface area contributed by atoms with E-state index in [0.29, 0.717) is 31.5 Å². The molecular formula is C17H28N2O2. The molecule has 0 aromatic heterocycles. The molecule has 4 nitrogen and oxygen atoms in total. The fourth-order valence-corrected chi connectivity index (χ4v) is 2.50. The van der Waals surface area contributed by atoms with Gasteiger partial charge in [0, 0.05) is 31.6 Å². The van der Waals surface area contributed by atoms with E-state index in [1.54, 1.807) is 12.1 Å². The van der Waals surface area contributed by atoms with Crippen LogP contribution in [-0.4, -0.2) is 41.1 Å². The Hall–Kier alpha value is -1.55. The number of nitrogens with one attached hydrogen (secondary N) is 1. The van der Waals surface area contributed by atoms with Crippen molar-refractivity contribution in [2.24, 2.45) is 0 Å². The first-order valence-corrected chi connectivity index (χ1v) is 7.71. The zero-order valence-corrected chi connectivity index (χ0v) is 13.6. The van der Waals surface area contributed by atoms with Crippen LogP contribution in [0.15, 0.2) is 24.3 Å². The van der Waals surface area contributed by atoms with Crippen molar-refractivity contribution >= 4 is 5.91 Å². The van der Waals surface area contributed by atoms with Crippen LogP contribution in [0.2, 0.25) is 0 Å². The Morgan fingerprint density at radius 1 is 1.19 bits per heavy atom. The molecule has 0 saturated carbocycles. The zero-order valence-electron chi connectivity index (χ0n) is 13.6. The number of phenols is 1. The Bertz CT molecular complexity index is 436. The summed E-state index contributed by atoms with van der Waals surface area (Å²) in [5, 5.41) is 12.6. The third-order valence-corrected chi connectivity index (χ3v) is 3.63. The number of carbonyl (C=O) groups is 1. The summed E-state index contributed by atoms with van der Waals surface area (Å²) in [6.07, 6.45) is 0.970. The van der Waals surface area contributed by atoms with Gasteiger partial charge in [0.05, 0.1) is 0 Å². The number of phenolic OH excluding ortho intramolecular Hbond substituents is 1. The smallest absolute Gasteiger partial charge is 0.220 e. The number of benzene rings is 1. The van der Waals surface area contributed by atoms with Crippen molar-refractivity contribution in [1.82, 2.24) is 10.2 Å². The molecule has 0 saturated heterocycles. The first-order chi connectivity index (χ1) is 9.91. The summed E-state index contributed by atoms with van der Waals surface area (Å²) in [5.74, 6) is 0.293.